The second kappa shape index (κ2) is 5.59. The van der Waals surface area contributed by atoms with Crippen LogP contribution in [0.25, 0.3) is 10.8 Å². The smallest absolute Gasteiger partial charge is 0.275 e. The summed E-state index contributed by atoms with van der Waals surface area (Å²) in [5.74, 6) is 0.112. The average Bonchev–Trinajstić information content (AvgIpc) is 3.12. The SMILES string of the molecule is O=C(Nc1cc(Cl)ccc1O)c1csc(-c2ccco2)n1. The fourth-order valence-electron chi connectivity index (χ4n) is 1.69. The van der Waals surface area contributed by atoms with Gasteiger partial charge in [0.2, 0.25) is 0 Å². The molecule has 1 amide bonds. The van der Waals surface area contributed by atoms with Gasteiger partial charge in [0.15, 0.2) is 10.8 Å². The van der Waals surface area contributed by atoms with Gasteiger partial charge in [-0.05, 0) is 30.3 Å². The maximum Gasteiger partial charge on any atom is 0.275 e. The van der Waals surface area contributed by atoms with E-state index in [2.05, 4.69) is 10.3 Å². The Morgan fingerprint density at radius 2 is 2.24 bits per heavy atom. The Morgan fingerprint density at radius 1 is 1.38 bits per heavy atom. The maximum atomic E-state index is 12.1. The Labute approximate surface area is 128 Å². The molecule has 106 valence electrons. The number of hydrogen-bond acceptors (Lipinski definition) is 5. The lowest BCUT2D eigenvalue weighted by Crippen LogP contribution is -2.12. The summed E-state index contributed by atoms with van der Waals surface area (Å²) in [6.07, 6.45) is 1.54. The number of rotatable bonds is 3. The minimum Gasteiger partial charge on any atom is -0.506 e. The first-order chi connectivity index (χ1) is 10.1. The molecule has 0 unspecified atom stereocenters. The number of amides is 1. The van der Waals surface area contributed by atoms with Crippen LogP contribution >= 0.6 is 22.9 Å². The number of carbonyl (C=O) groups excluding carboxylic acids is 1. The number of anilines is 1. The van der Waals surface area contributed by atoms with E-state index in [9.17, 15) is 9.90 Å². The average molecular weight is 321 g/mol. The highest BCUT2D eigenvalue weighted by Gasteiger charge is 2.15. The number of aromatic hydroxyl groups is 1. The first-order valence-electron chi connectivity index (χ1n) is 5.93. The van der Waals surface area contributed by atoms with Crippen LogP contribution in [0.2, 0.25) is 5.02 Å². The fourth-order valence-corrected chi connectivity index (χ4v) is 2.62. The number of halogens is 1. The largest absolute Gasteiger partial charge is 0.506 e. The minimum atomic E-state index is -0.429. The van der Waals surface area contributed by atoms with E-state index < -0.39 is 5.91 Å². The summed E-state index contributed by atoms with van der Waals surface area (Å²) in [5, 5.41) is 14.9. The van der Waals surface area contributed by atoms with Gasteiger partial charge in [-0.1, -0.05) is 11.6 Å². The summed E-state index contributed by atoms with van der Waals surface area (Å²) in [4.78, 5) is 16.3. The number of phenolic OH excluding ortho intramolecular Hbond substituents is 1. The van der Waals surface area contributed by atoms with Crippen LogP contribution in [-0.2, 0) is 0 Å². The van der Waals surface area contributed by atoms with Crippen molar-refractivity contribution in [2.75, 3.05) is 5.32 Å². The molecular weight excluding hydrogens is 312 g/mol. The fraction of sp³-hybridized carbons (Fsp3) is 0. The van der Waals surface area contributed by atoms with E-state index in [-0.39, 0.29) is 17.1 Å². The quantitative estimate of drug-likeness (QED) is 0.715. The van der Waals surface area contributed by atoms with Gasteiger partial charge in [0.1, 0.15) is 11.4 Å². The predicted octanol–water partition coefficient (Wildman–Crippen LogP) is 4.01. The lowest BCUT2D eigenvalue weighted by Gasteiger charge is -2.05. The van der Waals surface area contributed by atoms with E-state index in [1.807, 2.05) is 0 Å². The molecule has 0 bridgehead atoms. The van der Waals surface area contributed by atoms with Crippen LogP contribution in [-0.4, -0.2) is 16.0 Å². The Bertz CT molecular complexity index is 783. The van der Waals surface area contributed by atoms with Crippen LogP contribution < -0.4 is 5.32 Å². The molecular formula is C14H9ClN2O3S. The zero-order valence-corrected chi connectivity index (χ0v) is 12.1. The van der Waals surface area contributed by atoms with E-state index in [1.165, 1.54) is 29.5 Å². The minimum absolute atomic E-state index is 0.0609. The molecule has 1 aromatic carbocycles. The van der Waals surface area contributed by atoms with Crippen LogP contribution in [0.15, 0.2) is 46.4 Å². The Kier molecular flexibility index (Phi) is 3.64. The van der Waals surface area contributed by atoms with Gasteiger partial charge in [0, 0.05) is 10.4 Å². The standard InChI is InChI=1S/C14H9ClN2O3S/c15-8-3-4-11(18)9(6-8)16-13(19)10-7-21-14(17-10)12-2-1-5-20-12/h1-7,18H,(H,16,19). The molecule has 3 rings (SSSR count). The number of benzene rings is 1. The van der Waals surface area contributed by atoms with Gasteiger partial charge in [-0.2, -0.15) is 0 Å². The molecule has 0 atom stereocenters. The van der Waals surface area contributed by atoms with E-state index in [4.69, 9.17) is 16.0 Å². The summed E-state index contributed by atoms with van der Waals surface area (Å²) >= 11 is 7.13. The van der Waals surface area contributed by atoms with Crippen LogP contribution in [0.4, 0.5) is 5.69 Å². The lowest BCUT2D eigenvalue weighted by atomic mass is 10.3. The molecule has 21 heavy (non-hydrogen) atoms. The number of phenols is 1. The van der Waals surface area contributed by atoms with Gasteiger partial charge >= 0.3 is 0 Å². The van der Waals surface area contributed by atoms with Crippen molar-refractivity contribution in [2.45, 2.75) is 0 Å². The number of hydrogen-bond donors (Lipinski definition) is 2. The number of nitrogens with zero attached hydrogens (tertiary/aromatic N) is 1. The van der Waals surface area contributed by atoms with Crippen molar-refractivity contribution in [1.82, 2.24) is 4.98 Å². The van der Waals surface area contributed by atoms with E-state index >= 15 is 0 Å². The van der Waals surface area contributed by atoms with Crippen LogP contribution in [0.1, 0.15) is 10.5 Å². The summed E-state index contributed by atoms with van der Waals surface area (Å²) < 4.78 is 5.22. The number of nitrogens with one attached hydrogen (secondary N) is 1. The van der Waals surface area contributed by atoms with Crippen molar-refractivity contribution < 1.29 is 14.3 Å². The van der Waals surface area contributed by atoms with E-state index in [0.717, 1.165) is 0 Å². The summed E-state index contributed by atoms with van der Waals surface area (Å²) in [5.41, 5.74) is 0.478. The highest BCUT2D eigenvalue weighted by atomic mass is 35.5. The number of aromatic nitrogens is 1. The molecule has 5 nitrogen and oxygen atoms in total. The predicted molar refractivity (Wildman–Crippen MR) is 80.9 cm³/mol. The molecule has 2 aromatic heterocycles. The molecule has 0 spiro atoms. The van der Waals surface area contributed by atoms with Gasteiger partial charge in [-0.25, -0.2) is 4.98 Å². The highest BCUT2D eigenvalue weighted by molar-refractivity contribution is 7.13. The van der Waals surface area contributed by atoms with Gasteiger partial charge in [-0.3, -0.25) is 4.79 Å². The van der Waals surface area contributed by atoms with Crippen LogP contribution in [0.3, 0.4) is 0 Å². The Morgan fingerprint density at radius 3 is 3.00 bits per heavy atom. The van der Waals surface area contributed by atoms with Gasteiger partial charge < -0.3 is 14.8 Å². The summed E-state index contributed by atoms with van der Waals surface area (Å²) in [6, 6.07) is 7.93. The second-order valence-corrected chi connectivity index (χ2v) is 5.43. The third-order valence-electron chi connectivity index (χ3n) is 2.68. The molecule has 0 aliphatic heterocycles. The zero-order chi connectivity index (χ0) is 14.8. The topological polar surface area (TPSA) is 75.4 Å². The molecule has 0 aliphatic carbocycles. The van der Waals surface area contributed by atoms with Gasteiger partial charge in [0.05, 0.1) is 12.0 Å². The first kappa shape index (κ1) is 13.7. The number of thiazole rings is 1. The molecule has 0 saturated carbocycles. The molecule has 7 heteroatoms. The number of furan rings is 1. The normalized spacial score (nSPS) is 10.5. The van der Waals surface area contributed by atoms with Crippen LogP contribution in [0.5, 0.6) is 5.75 Å². The lowest BCUT2D eigenvalue weighted by molar-refractivity contribution is 0.102. The van der Waals surface area contributed by atoms with Crippen molar-refractivity contribution in [1.29, 1.82) is 0 Å². The monoisotopic (exact) mass is 320 g/mol. The molecule has 0 aliphatic rings. The van der Waals surface area contributed by atoms with Gasteiger partial charge in [0.25, 0.3) is 5.91 Å². The number of carbonyl (C=O) groups is 1. The first-order valence-corrected chi connectivity index (χ1v) is 7.18. The van der Waals surface area contributed by atoms with Crippen molar-refractivity contribution in [3.63, 3.8) is 0 Å². The Balaban J connectivity index is 1.81. The molecule has 0 saturated heterocycles. The van der Waals surface area contributed by atoms with E-state index in [1.54, 1.807) is 23.8 Å². The molecule has 2 N–H and O–H groups in total. The van der Waals surface area contributed by atoms with Crippen molar-refractivity contribution in [3.8, 4) is 16.5 Å². The molecule has 0 fully saturated rings. The summed E-state index contributed by atoms with van der Waals surface area (Å²) in [7, 11) is 0. The maximum absolute atomic E-state index is 12.1. The van der Waals surface area contributed by atoms with Crippen molar-refractivity contribution in [3.05, 3.63) is 52.7 Å². The second-order valence-electron chi connectivity index (χ2n) is 4.13. The third kappa shape index (κ3) is 2.91. The summed E-state index contributed by atoms with van der Waals surface area (Å²) in [6.45, 7) is 0. The van der Waals surface area contributed by atoms with Crippen molar-refractivity contribution >= 4 is 34.5 Å². The van der Waals surface area contributed by atoms with Gasteiger partial charge in [-0.15, -0.1) is 11.3 Å². The van der Waals surface area contributed by atoms with Crippen LogP contribution in [0, 0.1) is 0 Å². The molecule has 3 aromatic rings. The zero-order valence-electron chi connectivity index (χ0n) is 10.5. The Hall–Kier alpha value is -2.31. The van der Waals surface area contributed by atoms with E-state index in [0.29, 0.717) is 15.8 Å². The molecule has 0 radical (unpaired) electrons. The third-order valence-corrected chi connectivity index (χ3v) is 3.77. The van der Waals surface area contributed by atoms with Crippen molar-refractivity contribution in [2.24, 2.45) is 0 Å². The highest BCUT2D eigenvalue weighted by Crippen LogP contribution is 2.28. The molecule has 2 heterocycles.